The highest BCUT2D eigenvalue weighted by Crippen LogP contribution is 2.37. The van der Waals surface area contributed by atoms with E-state index in [2.05, 4.69) is 37.9 Å². The van der Waals surface area contributed by atoms with E-state index in [1.165, 1.54) is 25.3 Å². The predicted octanol–water partition coefficient (Wildman–Crippen LogP) is 3.40. The molecule has 19 heavy (non-hydrogen) atoms. The maximum atomic E-state index is 10.9. The maximum Gasteiger partial charge on any atom is 0.308 e. The molecule has 1 aliphatic rings. The number of ether oxygens (including phenoxy) is 1. The van der Waals surface area contributed by atoms with E-state index in [0.717, 1.165) is 0 Å². The molecule has 1 aromatic rings. The molecule has 0 amide bonds. The Morgan fingerprint density at radius 2 is 1.89 bits per heavy atom. The van der Waals surface area contributed by atoms with E-state index in [1.54, 1.807) is 0 Å². The first kappa shape index (κ1) is 14.1. The van der Waals surface area contributed by atoms with Crippen LogP contribution in [0.15, 0.2) is 24.3 Å². The molecule has 0 bridgehead atoms. The van der Waals surface area contributed by atoms with Gasteiger partial charge >= 0.3 is 5.97 Å². The van der Waals surface area contributed by atoms with Crippen LogP contribution < -0.4 is 4.74 Å². The second-order valence-corrected chi connectivity index (χ2v) is 5.73. The van der Waals surface area contributed by atoms with E-state index >= 15 is 0 Å². The fraction of sp³-hybridized carbons (Fsp3) is 0.562. The summed E-state index contributed by atoms with van der Waals surface area (Å²) < 4.78 is 5.07. The lowest BCUT2D eigenvalue weighted by Gasteiger charge is -2.28. The van der Waals surface area contributed by atoms with Gasteiger partial charge in [0.05, 0.1) is 0 Å². The minimum Gasteiger partial charge on any atom is -0.427 e. The fourth-order valence-electron chi connectivity index (χ4n) is 3.10. The highest BCUT2D eigenvalue weighted by atomic mass is 16.5. The van der Waals surface area contributed by atoms with Crippen molar-refractivity contribution in [3.8, 4) is 5.75 Å². The Labute approximate surface area is 115 Å². The summed E-state index contributed by atoms with van der Waals surface area (Å²) in [6.07, 6.45) is 2.46. The number of carbonyl (C=O) groups excluding carboxylic acids is 1. The Hall–Kier alpha value is -1.35. The van der Waals surface area contributed by atoms with Crippen LogP contribution >= 0.6 is 0 Å². The van der Waals surface area contributed by atoms with E-state index in [-0.39, 0.29) is 5.97 Å². The molecule has 1 aromatic carbocycles. The van der Waals surface area contributed by atoms with Gasteiger partial charge in [0.1, 0.15) is 5.75 Å². The number of nitrogens with zero attached hydrogens (tertiary/aromatic N) is 1. The van der Waals surface area contributed by atoms with Crippen molar-refractivity contribution in [1.29, 1.82) is 0 Å². The van der Waals surface area contributed by atoms with Gasteiger partial charge in [-0.15, -0.1) is 0 Å². The van der Waals surface area contributed by atoms with E-state index in [9.17, 15) is 4.79 Å². The van der Waals surface area contributed by atoms with Crippen LogP contribution in [0.1, 0.15) is 45.2 Å². The molecule has 0 spiro atoms. The van der Waals surface area contributed by atoms with Crippen molar-refractivity contribution in [1.82, 2.24) is 4.90 Å². The summed E-state index contributed by atoms with van der Waals surface area (Å²) >= 11 is 0. The largest absolute Gasteiger partial charge is 0.427 e. The van der Waals surface area contributed by atoms with Crippen molar-refractivity contribution < 1.29 is 9.53 Å². The predicted molar refractivity (Wildman–Crippen MR) is 76.1 cm³/mol. The van der Waals surface area contributed by atoms with E-state index in [0.29, 0.717) is 23.8 Å². The number of likely N-dealkylation sites (tertiary alicyclic amines) is 1. The maximum absolute atomic E-state index is 10.9. The number of esters is 1. The van der Waals surface area contributed by atoms with Gasteiger partial charge in [-0.2, -0.15) is 0 Å². The van der Waals surface area contributed by atoms with Gasteiger partial charge in [-0.3, -0.25) is 9.69 Å². The van der Waals surface area contributed by atoms with Gasteiger partial charge in [-0.05, 0) is 43.5 Å². The van der Waals surface area contributed by atoms with Gasteiger partial charge in [0.15, 0.2) is 0 Å². The molecule has 2 rings (SSSR count). The fourth-order valence-corrected chi connectivity index (χ4v) is 3.10. The summed E-state index contributed by atoms with van der Waals surface area (Å²) in [7, 11) is 2.21. The van der Waals surface area contributed by atoms with E-state index < -0.39 is 0 Å². The molecule has 0 N–H and O–H groups in total. The summed E-state index contributed by atoms with van der Waals surface area (Å²) in [5, 5.41) is 0. The first-order valence-corrected chi connectivity index (χ1v) is 6.99. The topological polar surface area (TPSA) is 29.5 Å². The monoisotopic (exact) mass is 261 g/mol. The molecule has 1 heterocycles. The zero-order chi connectivity index (χ0) is 14.0. The van der Waals surface area contributed by atoms with Crippen LogP contribution in [0.3, 0.4) is 0 Å². The summed E-state index contributed by atoms with van der Waals surface area (Å²) in [6, 6.07) is 9.06. The van der Waals surface area contributed by atoms with Crippen LogP contribution in [0.4, 0.5) is 0 Å². The van der Waals surface area contributed by atoms with Crippen LogP contribution in [0.25, 0.3) is 0 Å². The molecule has 1 aliphatic heterocycles. The summed E-state index contributed by atoms with van der Waals surface area (Å²) in [5.41, 5.74) is 1.31. The summed E-state index contributed by atoms with van der Waals surface area (Å²) in [4.78, 5) is 13.4. The third kappa shape index (κ3) is 3.16. The third-order valence-electron chi connectivity index (χ3n) is 4.05. The molecule has 1 saturated heterocycles. The molecular formula is C16H23NO2. The molecule has 0 aromatic heterocycles. The lowest BCUT2D eigenvalue weighted by atomic mass is 10.0. The minimum absolute atomic E-state index is 0.273. The third-order valence-corrected chi connectivity index (χ3v) is 4.05. The first-order chi connectivity index (χ1) is 8.99. The van der Waals surface area contributed by atoms with Crippen molar-refractivity contribution in [3.05, 3.63) is 29.8 Å². The smallest absolute Gasteiger partial charge is 0.308 e. The van der Waals surface area contributed by atoms with Gasteiger partial charge in [0.2, 0.25) is 0 Å². The lowest BCUT2D eigenvalue weighted by Crippen LogP contribution is -2.31. The summed E-state index contributed by atoms with van der Waals surface area (Å²) in [6.45, 7) is 5.99. The molecule has 3 heteroatoms. The van der Waals surface area contributed by atoms with Gasteiger partial charge < -0.3 is 4.74 Å². The molecule has 3 nitrogen and oxygen atoms in total. The van der Waals surface area contributed by atoms with Crippen molar-refractivity contribution in [3.63, 3.8) is 0 Å². The van der Waals surface area contributed by atoms with Crippen molar-refractivity contribution in [2.45, 2.75) is 45.7 Å². The zero-order valence-corrected chi connectivity index (χ0v) is 12.2. The second kappa shape index (κ2) is 5.74. The van der Waals surface area contributed by atoms with Gasteiger partial charge in [0, 0.05) is 19.0 Å². The molecule has 2 atom stereocenters. The number of benzene rings is 1. The Kier molecular flexibility index (Phi) is 4.25. The van der Waals surface area contributed by atoms with Crippen LogP contribution in [-0.4, -0.2) is 24.0 Å². The highest BCUT2D eigenvalue weighted by Gasteiger charge is 2.32. The van der Waals surface area contributed by atoms with Gasteiger partial charge in [-0.25, -0.2) is 0 Å². The molecule has 0 saturated carbocycles. The Morgan fingerprint density at radius 1 is 1.26 bits per heavy atom. The van der Waals surface area contributed by atoms with Crippen LogP contribution in [0, 0.1) is 5.92 Å². The number of hydrogen-bond acceptors (Lipinski definition) is 3. The minimum atomic E-state index is -0.273. The SMILES string of the molecule is CC(=O)Oc1ccc([C@@H]2CC[C@H](C(C)C)N2C)cc1. The quantitative estimate of drug-likeness (QED) is 0.617. The van der Waals surface area contributed by atoms with Crippen molar-refractivity contribution >= 4 is 5.97 Å². The number of carbonyl (C=O) groups is 1. The first-order valence-electron chi connectivity index (χ1n) is 6.99. The standard InChI is InChI=1S/C16H23NO2/c1-11(2)15-9-10-16(17(15)4)13-5-7-14(8-6-13)19-12(3)18/h5-8,11,15-16H,9-10H2,1-4H3/t15-,16+/m1/s1. The molecule has 1 fully saturated rings. The molecule has 0 radical (unpaired) electrons. The molecule has 0 aliphatic carbocycles. The molecule has 0 unspecified atom stereocenters. The average Bonchev–Trinajstić information content (AvgIpc) is 2.71. The number of hydrogen-bond donors (Lipinski definition) is 0. The van der Waals surface area contributed by atoms with E-state index in [4.69, 9.17) is 4.74 Å². The van der Waals surface area contributed by atoms with Crippen molar-refractivity contribution in [2.75, 3.05) is 7.05 Å². The highest BCUT2D eigenvalue weighted by molar-refractivity contribution is 5.69. The normalized spacial score (nSPS) is 23.8. The number of rotatable bonds is 3. The van der Waals surface area contributed by atoms with Gasteiger partial charge in [0.25, 0.3) is 0 Å². The Balaban J connectivity index is 2.09. The second-order valence-electron chi connectivity index (χ2n) is 5.73. The zero-order valence-electron chi connectivity index (χ0n) is 12.2. The van der Waals surface area contributed by atoms with Crippen LogP contribution in [0.2, 0.25) is 0 Å². The molecule has 104 valence electrons. The molecular weight excluding hydrogens is 238 g/mol. The Morgan fingerprint density at radius 3 is 2.37 bits per heavy atom. The van der Waals surface area contributed by atoms with Crippen molar-refractivity contribution in [2.24, 2.45) is 5.92 Å². The van der Waals surface area contributed by atoms with E-state index in [1.807, 2.05) is 12.1 Å². The Bertz CT molecular complexity index is 439. The van der Waals surface area contributed by atoms with Gasteiger partial charge in [-0.1, -0.05) is 26.0 Å². The lowest BCUT2D eigenvalue weighted by molar-refractivity contribution is -0.131. The van der Waals surface area contributed by atoms with Crippen LogP contribution in [0.5, 0.6) is 5.75 Å². The summed E-state index contributed by atoms with van der Waals surface area (Å²) in [5.74, 6) is 1.04. The van der Waals surface area contributed by atoms with Crippen LogP contribution in [-0.2, 0) is 4.79 Å². The average molecular weight is 261 g/mol.